The van der Waals surface area contributed by atoms with E-state index in [0.29, 0.717) is 5.92 Å². The second kappa shape index (κ2) is 8.80. The van der Waals surface area contributed by atoms with E-state index in [1.54, 1.807) is 0 Å². The highest BCUT2D eigenvalue weighted by Crippen LogP contribution is 2.31. The summed E-state index contributed by atoms with van der Waals surface area (Å²) in [7, 11) is 0. The van der Waals surface area contributed by atoms with Gasteiger partial charge in [-0.25, -0.2) is 0 Å². The van der Waals surface area contributed by atoms with Crippen LogP contribution in [0.1, 0.15) is 59.8 Å². The van der Waals surface area contributed by atoms with Gasteiger partial charge >= 0.3 is 0 Å². The van der Waals surface area contributed by atoms with Gasteiger partial charge in [0.1, 0.15) is 0 Å². The summed E-state index contributed by atoms with van der Waals surface area (Å²) in [6.45, 7) is 8.19. The van der Waals surface area contributed by atoms with Gasteiger partial charge in [-0.05, 0) is 25.7 Å². The first-order chi connectivity index (χ1) is 8.43. The van der Waals surface area contributed by atoms with Crippen molar-refractivity contribution in [2.75, 3.05) is 0 Å². The van der Waals surface area contributed by atoms with Crippen LogP contribution in [0, 0.1) is 17.8 Å². The normalized spacial score (nSPS) is 22.8. The molecule has 1 saturated carbocycles. The Balaban J connectivity index is 0.00000324. The zero-order chi connectivity index (χ0) is 13.7. The highest BCUT2D eigenvalue weighted by molar-refractivity contribution is 5.85. The van der Waals surface area contributed by atoms with Gasteiger partial charge in [0.15, 0.2) is 0 Å². The summed E-state index contributed by atoms with van der Waals surface area (Å²) in [5, 5.41) is 3.14. The lowest BCUT2D eigenvalue weighted by molar-refractivity contribution is -0.126. The molecule has 3 N–H and O–H groups in total. The zero-order valence-corrected chi connectivity index (χ0v) is 13.6. The molecule has 4 unspecified atom stereocenters. The predicted octanol–water partition coefficient (Wildman–Crippen LogP) is 3.11. The van der Waals surface area contributed by atoms with Crippen LogP contribution in [0.4, 0.5) is 0 Å². The molecule has 1 rings (SSSR count). The maximum Gasteiger partial charge on any atom is 0.224 e. The van der Waals surface area contributed by atoms with Crippen LogP contribution < -0.4 is 11.1 Å². The second-order valence-corrected chi connectivity index (χ2v) is 6.20. The van der Waals surface area contributed by atoms with Crippen LogP contribution in [-0.2, 0) is 4.79 Å². The number of carbonyl (C=O) groups is 1. The van der Waals surface area contributed by atoms with E-state index in [9.17, 15) is 4.79 Å². The maximum atomic E-state index is 12.0. The molecule has 0 radical (unpaired) electrons. The minimum Gasteiger partial charge on any atom is -0.353 e. The van der Waals surface area contributed by atoms with E-state index in [4.69, 9.17) is 5.73 Å². The second-order valence-electron chi connectivity index (χ2n) is 6.20. The van der Waals surface area contributed by atoms with Crippen LogP contribution in [0.25, 0.3) is 0 Å². The molecule has 3 nitrogen and oxygen atoms in total. The Morgan fingerprint density at radius 1 is 1.11 bits per heavy atom. The number of rotatable bonds is 5. The van der Waals surface area contributed by atoms with Crippen molar-refractivity contribution in [3.63, 3.8) is 0 Å². The van der Waals surface area contributed by atoms with Gasteiger partial charge < -0.3 is 11.1 Å². The maximum absolute atomic E-state index is 12.0. The standard InChI is InChI=1S/C15H30N2O.ClH/c1-10(12(3)16)15(18)17-13(4)11(2)14-8-6-5-7-9-14;/h10-14H,5-9,16H2,1-4H3,(H,17,18);1H. The number of halogens is 1. The Hall–Kier alpha value is -0.280. The van der Waals surface area contributed by atoms with Gasteiger partial charge in [-0.3, -0.25) is 4.79 Å². The summed E-state index contributed by atoms with van der Waals surface area (Å²) in [6.07, 6.45) is 6.73. The molecule has 0 saturated heterocycles. The van der Waals surface area contributed by atoms with Crippen molar-refractivity contribution in [1.82, 2.24) is 5.32 Å². The minimum atomic E-state index is -0.106. The van der Waals surface area contributed by atoms with Gasteiger partial charge in [-0.15, -0.1) is 12.4 Å². The van der Waals surface area contributed by atoms with E-state index >= 15 is 0 Å². The summed E-state index contributed by atoms with van der Waals surface area (Å²) in [5.74, 6) is 1.33. The SMILES string of the molecule is CC(N)C(C)C(=O)NC(C)C(C)C1CCCCC1.Cl. The van der Waals surface area contributed by atoms with Gasteiger partial charge in [0, 0.05) is 18.0 Å². The first kappa shape index (κ1) is 18.7. The number of nitrogens with one attached hydrogen (secondary N) is 1. The molecule has 1 amide bonds. The third-order valence-corrected chi connectivity index (χ3v) is 4.75. The topological polar surface area (TPSA) is 55.1 Å². The largest absolute Gasteiger partial charge is 0.353 e. The fourth-order valence-corrected chi connectivity index (χ4v) is 2.79. The lowest BCUT2D eigenvalue weighted by Crippen LogP contribution is -2.45. The average molecular weight is 291 g/mol. The predicted molar refractivity (Wildman–Crippen MR) is 83.4 cm³/mol. The molecular formula is C15H31ClN2O. The van der Waals surface area contributed by atoms with Crippen molar-refractivity contribution in [1.29, 1.82) is 0 Å². The molecular weight excluding hydrogens is 260 g/mol. The number of amides is 1. The monoisotopic (exact) mass is 290 g/mol. The van der Waals surface area contributed by atoms with Crippen LogP contribution in [0.2, 0.25) is 0 Å². The van der Waals surface area contributed by atoms with Crippen molar-refractivity contribution < 1.29 is 4.79 Å². The van der Waals surface area contributed by atoms with Crippen molar-refractivity contribution in [3.8, 4) is 0 Å². The Morgan fingerprint density at radius 3 is 2.11 bits per heavy atom. The number of hydrogen-bond acceptors (Lipinski definition) is 2. The molecule has 0 aromatic rings. The molecule has 0 heterocycles. The molecule has 1 aliphatic rings. The molecule has 1 fully saturated rings. The smallest absolute Gasteiger partial charge is 0.224 e. The number of carbonyl (C=O) groups excluding carboxylic acids is 1. The van der Waals surface area contributed by atoms with Gasteiger partial charge in [-0.1, -0.05) is 46.0 Å². The van der Waals surface area contributed by atoms with Crippen LogP contribution in [0.5, 0.6) is 0 Å². The van der Waals surface area contributed by atoms with Crippen molar-refractivity contribution in [2.24, 2.45) is 23.5 Å². The molecule has 114 valence electrons. The van der Waals surface area contributed by atoms with Gasteiger partial charge in [-0.2, -0.15) is 0 Å². The van der Waals surface area contributed by atoms with E-state index in [0.717, 1.165) is 5.92 Å². The van der Waals surface area contributed by atoms with Gasteiger partial charge in [0.2, 0.25) is 5.91 Å². The summed E-state index contributed by atoms with van der Waals surface area (Å²) < 4.78 is 0. The Morgan fingerprint density at radius 2 is 1.63 bits per heavy atom. The van der Waals surface area contributed by atoms with Crippen molar-refractivity contribution in [2.45, 2.75) is 71.9 Å². The molecule has 0 aromatic heterocycles. The average Bonchev–Trinajstić information content (AvgIpc) is 2.37. The summed E-state index contributed by atoms with van der Waals surface area (Å²) in [4.78, 5) is 12.0. The minimum absolute atomic E-state index is 0. The Kier molecular flexibility index (Phi) is 8.67. The van der Waals surface area contributed by atoms with Crippen LogP contribution in [0.3, 0.4) is 0 Å². The quantitative estimate of drug-likeness (QED) is 0.817. The fraction of sp³-hybridized carbons (Fsp3) is 0.933. The number of nitrogens with two attached hydrogens (primary N) is 1. The van der Waals surface area contributed by atoms with Crippen LogP contribution in [0.15, 0.2) is 0 Å². The molecule has 0 bridgehead atoms. The molecule has 0 aromatic carbocycles. The van der Waals surface area contributed by atoms with Crippen LogP contribution >= 0.6 is 12.4 Å². The summed E-state index contributed by atoms with van der Waals surface area (Å²) in [5.41, 5.74) is 5.77. The Bertz CT molecular complexity index is 265. The van der Waals surface area contributed by atoms with E-state index in [-0.39, 0.29) is 36.3 Å². The number of hydrogen-bond donors (Lipinski definition) is 2. The zero-order valence-electron chi connectivity index (χ0n) is 12.8. The Labute approximate surface area is 124 Å². The summed E-state index contributed by atoms with van der Waals surface area (Å²) in [6, 6.07) is 0.170. The molecule has 4 heteroatoms. The molecule has 4 atom stereocenters. The van der Waals surface area contributed by atoms with E-state index < -0.39 is 0 Å². The first-order valence-electron chi connectivity index (χ1n) is 7.49. The van der Waals surface area contributed by atoms with Crippen molar-refractivity contribution >= 4 is 18.3 Å². The highest BCUT2D eigenvalue weighted by atomic mass is 35.5. The van der Waals surface area contributed by atoms with E-state index in [1.165, 1.54) is 32.1 Å². The third-order valence-electron chi connectivity index (χ3n) is 4.75. The summed E-state index contributed by atoms with van der Waals surface area (Å²) >= 11 is 0. The molecule has 0 spiro atoms. The van der Waals surface area contributed by atoms with Gasteiger partial charge in [0.25, 0.3) is 0 Å². The van der Waals surface area contributed by atoms with E-state index in [1.807, 2.05) is 13.8 Å². The first-order valence-corrected chi connectivity index (χ1v) is 7.49. The fourth-order valence-electron chi connectivity index (χ4n) is 2.79. The molecule has 0 aliphatic heterocycles. The van der Waals surface area contributed by atoms with Crippen molar-refractivity contribution in [3.05, 3.63) is 0 Å². The molecule has 1 aliphatic carbocycles. The lowest BCUT2D eigenvalue weighted by Gasteiger charge is -2.33. The third kappa shape index (κ3) is 5.70. The highest BCUT2D eigenvalue weighted by Gasteiger charge is 2.27. The molecule has 19 heavy (non-hydrogen) atoms. The lowest BCUT2D eigenvalue weighted by atomic mass is 9.78. The van der Waals surface area contributed by atoms with Gasteiger partial charge in [0.05, 0.1) is 0 Å². The van der Waals surface area contributed by atoms with E-state index in [2.05, 4.69) is 19.2 Å². The van der Waals surface area contributed by atoms with Crippen LogP contribution in [-0.4, -0.2) is 18.0 Å².